The first-order valence-electron chi connectivity index (χ1n) is 8.94. The third-order valence-corrected chi connectivity index (χ3v) is 4.71. The average molecular weight is 368 g/mol. The van der Waals surface area contributed by atoms with E-state index in [1.807, 2.05) is 12.1 Å². The maximum atomic E-state index is 10.8. The predicted octanol–water partition coefficient (Wildman–Crippen LogP) is 3.05. The molecular formula is C20H24N4O3. The summed E-state index contributed by atoms with van der Waals surface area (Å²) in [7, 11) is 1.76. The Kier molecular flexibility index (Phi) is 6.03. The highest BCUT2D eigenvalue weighted by atomic mass is 16.6. The highest BCUT2D eigenvalue weighted by molar-refractivity contribution is 5.80. The van der Waals surface area contributed by atoms with Crippen LogP contribution in [0.4, 0.5) is 5.69 Å². The second-order valence-electron chi connectivity index (χ2n) is 6.49. The first-order chi connectivity index (χ1) is 13.1. The van der Waals surface area contributed by atoms with Crippen LogP contribution in [0.1, 0.15) is 22.8 Å². The van der Waals surface area contributed by atoms with E-state index >= 15 is 0 Å². The maximum absolute atomic E-state index is 10.8. The molecule has 7 nitrogen and oxygen atoms in total. The number of nitrogens with one attached hydrogen (secondary N) is 1. The lowest BCUT2D eigenvalue weighted by molar-refractivity contribution is -0.384. The van der Waals surface area contributed by atoms with Gasteiger partial charge in [-0.3, -0.25) is 15.1 Å². The first-order valence-corrected chi connectivity index (χ1v) is 8.94. The molecule has 1 fully saturated rings. The first kappa shape index (κ1) is 18.8. The number of nitro benzene ring substituents is 1. The van der Waals surface area contributed by atoms with Gasteiger partial charge in [-0.05, 0) is 23.6 Å². The lowest BCUT2D eigenvalue weighted by atomic mass is 10.0. The van der Waals surface area contributed by atoms with Crippen molar-refractivity contribution < 1.29 is 9.66 Å². The molecule has 27 heavy (non-hydrogen) atoms. The Balaban J connectivity index is 1.63. The van der Waals surface area contributed by atoms with Gasteiger partial charge in [0.2, 0.25) is 0 Å². The molecule has 3 rings (SSSR count). The summed E-state index contributed by atoms with van der Waals surface area (Å²) in [6.07, 6.45) is 0.0119. The minimum absolute atomic E-state index is 0.0119. The number of non-ortho nitro benzene ring substituents is 1. The highest BCUT2D eigenvalue weighted by Crippen LogP contribution is 2.25. The molecule has 0 spiro atoms. The predicted molar refractivity (Wildman–Crippen MR) is 105 cm³/mol. The fraction of sp³-hybridized carbons (Fsp3) is 0.350. The zero-order valence-electron chi connectivity index (χ0n) is 15.6. The third-order valence-electron chi connectivity index (χ3n) is 4.71. The van der Waals surface area contributed by atoms with E-state index < -0.39 is 4.92 Å². The number of hydrogen-bond acceptors (Lipinski definition) is 4. The van der Waals surface area contributed by atoms with Gasteiger partial charge < -0.3 is 15.0 Å². The molecule has 1 unspecified atom stereocenters. The highest BCUT2D eigenvalue weighted by Gasteiger charge is 2.25. The molecule has 0 amide bonds. The fourth-order valence-corrected chi connectivity index (χ4v) is 3.23. The summed E-state index contributed by atoms with van der Waals surface area (Å²) in [5.74, 6) is 0.801. The molecule has 7 heteroatoms. The van der Waals surface area contributed by atoms with Gasteiger partial charge >= 0.3 is 0 Å². The van der Waals surface area contributed by atoms with Crippen molar-refractivity contribution in [2.45, 2.75) is 19.6 Å². The summed E-state index contributed by atoms with van der Waals surface area (Å²) in [5.41, 5.74) is 3.48. The van der Waals surface area contributed by atoms with Crippen LogP contribution in [0.15, 0.2) is 53.5 Å². The normalized spacial score (nSPS) is 17.6. The molecule has 0 saturated carbocycles. The van der Waals surface area contributed by atoms with Crippen LogP contribution in [-0.4, -0.2) is 42.5 Å². The zero-order chi connectivity index (χ0) is 19.2. The number of hydrogen-bond donors (Lipinski definition) is 1. The molecule has 2 aromatic carbocycles. The van der Waals surface area contributed by atoms with Gasteiger partial charge in [0.1, 0.15) is 6.10 Å². The Morgan fingerprint density at radius 1 is 1.30 bits per heavy atom. The molecule has 0 radical (unpaired) electrons. The molecule has 142 valence electrons. The minimum atomic E-state index is -0.393. The molecule has 1 heterocycles. The van der Waals surface area contributed by atoms with E-state index in [1.54, 1.807) is 19.2 Å². The molecule has 1 atom stereocenters. The van der Waals surface area contributed by atoms with Gasteiger partial charge in [-0.2, -0.15) is 0 Å². The Bertz CT molecular complexity index is 820. The summed E-state index contributed by atoms with van der Waals surface area (Å²) in [6.45, 7) is 4.78. The smallest absolute Gasteiger partial charge is 0.269 e. The van der Waals surface area contributed by atoms with Gasteiger partial charge in [0.25, 0.3) is 5.69 Å². The second kappa shape index (κ2) is 8.64. The number of guanidine groups is 1. The van der Waals surface area contributed by atoms with Crippen molar-refractivity contribution in [2.24, 2.45) is 4.99 Å². The fourth-order valence-electron chi connectivity index (χ4n) is 3.23. The zero-order valence-corrected chi connectivity index (χ0v) is 15.6. The molecule has 1 aliphatic heterocycles. The summed E-state index contributed by atoms with van der Waals surface area (Å²) in [4.78, 5) is 16.9. The monoisotopic (exact) mass is 368 g/mol. The SMILES string of the molecule is CN=C(NCc1ccc([N+](=O)[O-])cc1)N1CCOC(c2ccccc2C)C1. The van der Waals surface area contributed by atoms with Gasteiger partial charge in [0.15, 0.2) is 5.96 Å². The summed E-state index contributed by atoms with van der Waals surface area (Å²) in [5, 5.41) is 14.1. The van der Waals surface area contributed by atoms with E-state index in [9.17, 15) is 10.1 Å². The number of morpholine rings is 1. The van der Waals surface area contributed by atoms with Crippen molar-refractivity contribution in [2.75, 3.05) is 26.7 Å². The minimum Gasteiger partial charge on any atom is -0.370 e. The number of nitro groups is 1. The molecule has 1 aliphatic rings. The van der Waals surface area contributed by atoms with Crippen LogP contribution in [0.3, 0.4) is 0 Å². The number of ether oxygens (including phenoxy) is 1. The Morgan fingerprint density at radius 2 is 2.04 bits per heavy atom. The van der Waals surface area contributed by atoms with Gasteiger partial charge in [0, 0.05) is 32.3 Å². The molecule has 1 N–H and O–H groups in total. The van der Waals surface area contributed by atoms with Crippen LogP contribution in [0.25, 0.3) is 0 Å². The summed E-state index contributed by atoms with van der Waals surface area (Å²) < 4.78 is 5.98. The van der Waals surface area contributed by atoms with E-state index in [-0.39, 0.29) is 11.8 Å². The number of aryl methyl sites for hydroxylation is 1. The average Bonchev–Trinajstić information content (AvgIpc) is 2.69. The number of aliphatic imine (C=N–C) groups is 1. The summed E-state index contributed by atoms with van der Waals surface area (Å²) in [6, 6.07) is 14.8. The molecular weight excluding hydrogens is 344 g/mol. The summed E-state index contributed by atoms with van der Waals surface area (Å²) >= 11 is 0. The van der Waals surface area contributed by atoms with Crippen LogP contribution in [0.5, 0.6) is 0 Å². The Hall–Kier alpha value is -2.93. The van der Waals surface area contributed by atoms with Crippen LogP contribution in [0, 0.1) is 17.0 Å². The molecule has 2 aromatic rings. The van der Waals surface area contributed by atoms with E-state index in [1.165, 1.54) is 23.3 Å². The molecule has 1 saturated heterocycles. The maximum Gasteiger partial charge on any atom is 0.269 e. The molecule has 0 bridgehead atoms. The third kappa shape index (κ3) is 4.62. The van der Waals surface area contributed by atoms with Crippen molar-refractivity contribution in [3.05, 3.63) is 75.3 Å². The van der Waals surface area contributed by atoms with Crippen LogP contribution in [0.2, 0.25) is 0 Å². The van der Waals surface area contributed by atoms with Crippen LogP contribution >= 0.6 is 0 Å². The van der Waals surface area contributed by atoms with E-state index in [4.69, 9.17) is 4.74 Å². The van der Waals surface area contributed by atoms with Crippen LogP contribution < -0.4 is 5.32 Å². The standard InChI is InChI=1S/C20H24N4O3/c1-15-5-3-4-6-18(15)19-14-23(11-12-27-19)20(21-2)22-13-16-7-9-17(10-8-16)24(25)26/h3-10,19H,11-14H2,1-2H3,(H,21,22). The van der Waals surface area contributed by atoms with Crippen molar-refractivity contribution in [1.29, 1.82) is 0 Å². The van der Waals surface area contributed by atoms with E-state index in [0.717, 1.165) is 24.6 Å². The lowest BCUT2D eigenvalue weighted by Crippen LogP contribution is -2.48. The van der Waals surface area contributed by atoms with E-state index in [0.29, 0.717) is 13.2 Å². The van der Waals surface area contributed by atoms with Crippen molar-refractivity contribution >= 4 is 11.6 Å². The lowest BCUT2D eigenvalue weighted by Gasteiger charge is -2.35. The largest absolute Gasteiger partial charge is 0.370 e. The number of benzene rings is 2. The van der Waals surface area contributed by atoms with Gasteiger partial charge in [-0.1, -0.05) is 36.4 Å². The van der Waals surface area contributed by atoms with Crippen molar-refractivity contribution in [1.82, 2.24) is 10.2 Å². The Labute approximate surface area is 158 Å². The van der Waals surface area contributed by atoms with Crippen molar-refractivity contribution in [3.63, 3.8) is 0 Å². The topological polar surface area (TPSA) is 80.0 Å². The van der Waals surface area contributed by atoms with E-state index in [2.05, 4.69) is 34.3 Å². The Morgan fingerprint density at radius 3 is 2.70 bits per heavy atom. The number of rotatable bonds is 4. The van der Waals surface area contributed by atoms with Crippen LogP contribution in [-0.2, 0) is 11.3 Å². The van der Waals surface area contributed by atoms with Gasteiger partial charge in [0.05, 0.1) is 18.1 Å². The van der Waals surface area contributed by atoms with Gasteiger partial charge in [-0.15, -0.1) is 0 Å². The molecule has 0 aliphatic carbocycles. The quantitative estimate of drug-likeness (QED) is 0.388. The number of nitrogens with zero attached hydrogens (tertiary/aromatic N) is 3. The second-order valence-corrected chi connectivity index (χ2v) is 6.49. The van der Waals surface area contributed by atoms with Gasteiger partial charge in [-0.25, -0.2) is 0 Å². The van der Waals surface area contributed by atoms with Crippen molar-refractivity contribution in [3.8, 4) is 0 Å². The molecule has 0 aromatic heterocycles.